The van der Waals surface area contributed by atoms with Crippen LogP contribution in [0.2, 0.25) is 0 Å². The van der Waals surface area contributed by atoms with Gasteiger partial charge >= 0.3 is 0 Å². The van der Waals surface area contributed by atoms with E-state index in [1.165, 1.54) is 6.07 Å². The third-order valence-electron chi connectivity index (χ3n) is 2.91. The highest BCUT2D eigenvalue weighted by Gasteiger charge is 2.14. The first kappa shape index (κ1) is 15.8. The van der Waals surface area contributed by atoms with Gasteiger partial charge in [-0.05, 0) is 32.8 Å². The molecule has 1 aromatic rings. The normalized spacial score (nSPS) is 11.2. The number of nitrogens with zero attached hydrogens (tertiary/aromatic N) is 2. The van der Waals surface area contributed by atoms with Gasteiger partial charge in [0, 0.05) is 22.9 Å². The summed E-state index contributed by atoms with van der Waals surface area (Å²) in [4.78, 5) is 22.2. The largest absolute Gasteiger partial charge is 0.273 e. The maximum atomic E-state index is 11.9. The number of amides is 1. The number of rotatable bonds is 6. The van der Waals surface area contributed by atoms with Crippen LogP contribution in [-0.2, 0) is 0 Å². The highest BCUT2D eigenvalue weighted by molar-refractivity contribution is 5.95. The number of nitro groups is 1. The van der Waals surface area contributed by atoms with Gasteiger partial charge in [0.1, 0.15) is 0 Å². The molecule has 0 radical (unpaired) electrons. The molecule has 0 bridgehead atoms. The van der Waals surface area contributed by atoms with Gasteiger partial charge < -0.3 is 0 Å². The van der Waals surface area contributed by atoms with Gasteiger partial charge in [-0.15, -0.1) is 0 Å². The SMILES string of the molecule is CCCCC(C)=NNC(=O)c1ccc(C)c([N+](=O)[O-])c1. The molecule has 108 valence electrons. The average Bonchev–Trinajstić information content (AvgIpc) is 2.42. The van der Waals surface area contributed by atoms with Gasteiger partial charge in [0.15, 0.2) is 0 Å². The van der Waals surface area contributed by atoms with E-state index in [1.54, 1.807) is 19.1 Å². The Morgan fingerprint density at radius 3 is 2.75 bits per heavy atom. The van der Waals surface area contributed by atoms with E-state index in [1.807, 2.05) is 6.92 Å². The van der Waals surface area contributed by atoms with Crippen molar-refractivity contribution in [2.45, 2.75) is 40.0 Å². The molecule has 6 heteroatoms. The summed E-state index contributed by atoms with van der Waals surface area (Å²) in [6, 6.07) is 4.37. The van der Waals surface area contributed by atoms with Gasteiger partial charge in [0.25, 0.3) is 11.6 Å². The summed E-state index contributed by atoms with van der Waals surface area (Å²) in [7, 11) is 0. The summed E-state index contributed by atoms with van der Waals surface area (Å²) >= 11 is 0. The Hall–Kier alpha value is -2.24. The summed E-state index contributed by atoms with van der Waals surface area (Å²) < 4.78 is 0. The number of hydrazone groups is 1. The second kappa shape index (κ2) is 7.37. The minimum absolute atomic E-state index is 0.0654. The van der Waals surface area contributed by atoms with Gasteiger partial charge in [-0.1, -0.05) is 19.4 Å². The lowest BCUT2D eigenvalue weighted by molar-refractivity contribution is -0.385. The quantitative estimate of drug-likeness (QED) is 0.492. The van der Waals surface area contributed by atoms with E-state index in [9.17, 15) is 14.9 Å². The predicted molar refractivity (Wildman–Crippen MR) is 77.9 cm³/mol. The lowest BCUT2D eigenvalue weighted by Crippen LogP contribution is -2.19. The number of hydrogen-bond donors (Lipinski definition) is 1. The molecule has 0 aliphatic rings. The highest BCUT2D eigenvalue weighted by Crippen LogP contribution is 2.19. The summed E-state index contributed by atoms with van der Waals surface area (Å²) in [6.45, 7) is 5.55. The van der Waals surface area contributed by atoms with Gasteiger partial charge in [-0.3, -0.25) is 14.9 Å². The minimum atomic E-state index is -0.498. The zero-order valence-electron chi connectivity index (χ0n) is 12.0. The van der Waals surface area contributed by atoms with Crippen molar-refractivity contribution in [2.75, 3.05) is 0 Å². The zero-order valence-corrected chi connectivity index (χ0v) is 12.0. The lowest BCUT2D eigenvalue weighted by Gasteiger charge is -2.03. The molecule has 0 heterocycles. The number of carbonyl (C=O) groups is 1. The van der Waals surface area contributed by atoms with Crippen LogP contribution in [0.25, 0.3) is 0 Å². The summed E-state index contributed by atoms with van der Waals surface area (Å²) in [6.07, 6.45) is 2.90. The van der Waals surface area contributed by atoms with Crippen LogP contribution in [0.15, 0.2) is 23.3 Å². The molecule has 1 rings (SSSR count). The number of nitro benzene ring substituents is 1. The second-order valence-corrected chi connectivity index (χ2v) is 4.65. The topological polar surface area (TPSA) is 84.6 Å². The number of carbonyl (C=O) groups excluding carboxylic acids is 1. The summed E-state index contributed by atoms with van der Waals surface area (Å²) in [5.41, 5.74) is 3.94. The fourth-order valence-corrected chi connectivity index (χ4v) is 1.65. The molecule has 0 atom stereocenters. The van der Waals surface area contributed by atoms with Crippen LogP contribution in [0, 0.1) is 17.0 Å². The molecule has 0 saturated heterocycles. The molecular formula is C14H19N3O3. The third kappa shape index (κ3) is 4.46. The van der Waals surface area contributed by atoms with E-state index in [0.717, 1.165) is 25.0 Å². The third-order valence-corrected chi connectivity index (χ3v) is 2.91. The maximum Gasteiger partial charge on any atom is 0.273 e. The van der Waals surface area contributed by atoms with Gasteiger partial charge in [-0.2, -0.15) is 5.10 Å². The minimum Gasteiger partial charge on any atom is -0.267 e. The predicted octanol–water partition coefficient (Wildman–Crippen LogP) is 3.20. The van der Waals surface area contributed by atoms with Crippen molar-refractivity contribution in [2.24, 2.45) is 5.10 Å². The second-order valence-electron chi connectivity index (χ2n) is 4.65. The summed E-state index contributed by atoms with van der Waals surface area (Å²) in [5.74, 6) is -0.441. The van der Waals surface area contributed by atoms with E-state index in [-0.39, 0.29) is 11.3 Å². The molecule has 1 aromatic carbocycles. The van der Waals surface area contributed by atoms with Crippen LogP contribution < -0.4 is 5.43 Å². The van der Waals surface area contributed by atoms with Crippen LogP contribution in [0.4, 0.5) is 5.69 Å². The molecule has 6 nitrogen and oxygen atoms in total. The van der Waals surface area contributed by atoms with Crippen LogP contribution in [0.3, 0.4) is 0 Å². The monoisotopic (exact) mass is 277 g/mol. The Morgan fingerprint density at radius 2 is 2.15 bits per heavy atom. The first-order valence-corrected chi connectivity index (χ1v) is 6.54. The standard InChI is InChI=1S/C14H19N3O3/c1-4-5-6-11(3)15-16-14(18)12-8-7-10(2)13(9-12)17(19)20/h7-9H,4-6H2,1-3H3,(H,16,18). The van der Waals surface area contributed by atoms with E-state index >= 15 is 0 Å². The van der Waals surface area contributed by atoms with Crippen molar-refractivity contribution in [3.05, 3.63) is 39.4 Å². The van der Waals surface area contributed by atoms with Crippen molar-refractivity contribution in [1.82, 2.24) is 5.43 Å². The van der Waals surface area contributed by atoms with Crippen LogP contribution in [0.5, 0.6) is 0 Å². The first-order valence-electron chi connectivity index (χ1n) is 6.54. The maximum absolute atomic E-state index is 11.9. The summed E-state index contributed by atoms with van der Waals surface area (Å²) in [5, 5.41) is 14.8. The van der Waals surface area contributed by atoms with Crippen LogP contribution in [0.1, 0.15) is 49.0 Å². The highest BCUT2D eigenvalue weighted by atomic mass is 16.6. The number of nitrogens with one attached hydrogen (secondary N) is 1. The molecular weight excluding hydrogens is 258 g/mol. The molecule has 0 saturated carbocycles. The molecule has 0 fully saturated rings. The van der Waals surface area contributed by atoms with E-state index < -0.39 is 10.8 Å². The molecule has 20 heavy (non-hydrogen) atoms. The Bertz CT molecular complexity index is 538. The fraction of sp³-hybridized carbons (Fsp3) is 0.429. The molecule has 1 amide bonds. The number of benzene rings is 1. The smallest absolute Gasteiger partial charge is 0.267 e. The van der Waals surface area contributed by atoms with Crippen molar-refractivity contribution in [1.29, 1.82) is 0 Å². The van der Waals surface area contributed by atoms with Crippen molar-refractivity contribution in [3.63, 3.8) is 0 Å². The van der Waals surface area contributed by atoms with Crippen molar-refractivity contribution >= 4 is 17.3 Å². The lowest BCUT2D eigenvalue weighted by atomic mass is 10.1. The van der Waals surface area contributed by atoms with Crippen molar-refractivity contribution in [3.8, 4) is 0 Å². The Kier molecular flexibility index (Phi) is 5.83. The van der Waals surface area contributed by atoms with E-state index in [4.69, 9.17) is 0 Å². The Labute approximate surface area is 118 Å². The first-order chi connectivity index (χ1) is 9.45. The zero-order chi connectivity index (χ0) is 15.1. The average molecular weight is 277 g/mol. The number of aryl methyl sites for hydroxylation is 1. The molecule has 0 spiro atoms. The number of hydrogen-bond acceptors (Lipinski definition) is 4. The Morgan fingerprint density at radius 1 is 1.45 bits per heavy atom. The van der Waals surface area contributed by atoms with Crippen LogP contribution in [-0.4, -0.2) is 16.5 Å². The van der Waals surface area contributed by atoms with E-state index in [2.05, 4.69) is 17.5 Å². The molecule has 1 N–H and O–H groups in total. The van der Waals surface area contributed by atoms with Crippen LogP contribution >= 0.6 is 0 Å². The number of unbranched alkanes of at least 4 members (excludes halogenated alkanes) is 1. The molecule has 0 aliphatic carbocycles. The van der Waals surface area contributed by atoms with Gasteiger partial charge in [0.05, 0.1) is 4.92 Å². The fourth-order valence-electron chi connectivity index (χ4n) is 1.65. The molecule has 0 aliphatic heterocycles. The molecule has 0 aromatic heterocycles. The van der Waals surface area contributed by atoms with Crippen molar-refractivity contribution < 1.29 is 9.72 Å². The van der Waals surface area contributed by atoms with Gasteiger partial charge in [-0.25, -0.2) is 5.43 Å². The molecule has 0 unspecified atom stereocenters. The van der Waals surface area contributed by atoms with Gasteiger partial charge in [0.2, 0.25) is 0 Å². The Balaban J connectivity index is 2.78. The van der Waals surface area contributed by atoms with E-state index in [0.29, 0.717) is 5.56 Å².